The number of carbonyl (C=O) groups excluding carboxylic acids is 1. The molecule has 1 N–H and O–H groups in total. The first-order chi connectivity index (χ1) is 13.3. The number of amides is 1. The Morgan fingerprint density at radius 1 is 1.21 bits per heavy atom. The number of para-hydroxylation sites is 1. The molecule has 0 saturated carbocycles. The first-order valence-electron chi connectivity index (χ1n) is 10.1. The van der Waals surface area contributed by atoms with E-state index in [1.165, 1.54) is 34.0 Å². The topological polar surface area (TPSA) is 73.0 Å². The molecule has 1 unspecified atom stereocenters. The van der Waals surface area contributed by atoms with Crippen LogP contribution in [0.15, 0.2) is 24.3 Å². The number of hydrogen-bond donors (Lipinski definition) is 1. The Morgan fingerprint density at radius 2 is 1.89 bits per heavy atom. The summed E-state index contributed by atoms with van der Waals surface area (Å²) in [5.74, 6) is -0.0446. The normalized spacial score (nSPS) is 21.1. The number of nitrogens with one attached hydrogen (secondary N) is 1. The maximum atomic E-state index is 12.4. The summed E-state index contributed by atoms with van der Waals surface area (Å²) in [4.78, 5) is 14.9. The summed E-state index contributed by atoms with van der Waals surface area (Å²) in [6.45, 7) is 4.63. The highest BCUT2D eigenvalue weighted by Crippen LogP contribution is 2.31. The fraction of sp³-hybridized carbons (Fsp3) is 0.650. The second-order valence-electron chi connectivity index (χ2n) is 7.98. The van der Waals surface area contributed by atoms with Gasteiger partial charge in [0.15, 0.2) is 0 Å². The molecule has 0 bridgehead atoms. The lowest BCUT2D eigenvalue weighted by atomic mass is 9.97. The Kier molecular flexibility index (Phi) is 6.62. The summed E-state index contributed by atoms with van der Waals surface area (Å²) >= 11 is 0. The maximum Gasteiger partial charge on any atom is 0.281 e. The van der Waals surface area contributed by atoms with Crippen molar-refractivity contribution in [2.75, 3.05) is 45.2 Å². The van der Waals surface area contributed by atoms with Gasteiger partial charge in [-0.05, 0) is 44.2 Å². The smallest absolute Gasteiger partial charge is 0.281 e. The van der Waals surface area contributed by atoms with Crippen LogP contribution >= 0.6 is 0 Å². The molecule has 1 amide bonds. The number of benzene rings is 1. The molecule has 2 heterocycles. The molecule has 1 atom stereocenters. The number of anilines is 1. The van der Waals surface area contributed by atoms with Gasteiger partial charge in [-0.1, -0.05) is 18.2 Å². The SMILES string of the molecule is CC1Cc2ccccc2N1CCCNC(=O)C1CCN(S(=O)(=O)N(C)C)CC1. The highest BCUT2D eigenvalue weighted by Gasteiger charge is 2.32. The number of piperidine rings is 1. The lowest BCUT2D eigenvalue weighted by Crippen LogP contribution is -2.47. The van der Waals surface area contributed by atoms with E-state index in [9.17, 15) is 13.2 Å². The average Bonchev–Trinajstić information content (AvgIpc) is 3.00. The zero-order valence-corrected chi connectivity index (χ0v) is 17.9. The number of fused-ring (bicyclic) bond motifs is 1. The molecule has 0 aliphatic carbocycles. The highest BCUT2D eigenvalue weighted by molar-refractivity contribution is 7.86. The molecule has 0 radical (unpaired) electrons. The predicted molar refractivity (Wildman–Crippen MR) is 111 cm³/mol. The number of carbonyl (C=O) groups is 1. The van der Waals surface area contributed by atoms with Gasteiger partial charge in [0.2, 0.25) is 5.91 Å². The first kappa shape index (κ1) is 21.1. The van der Waals surface area contributed by atoms with E-state index in [0.717, 1.165) is 19.4 Å². The largest absolute Gasteiger partial charge is 0.368 e. The van der Waals surface area contributed by atoms with Crippen molar-refractivity contribution < 1.29 is 13.2 Å². The van der Waals surface area contributed by atoms with Crippen molar-refractivity contribution in [2.24, 2.45) is 5.92 Å². The van der Waals surface area contributed by atoms with Gasteiger partial charge in [-0.25, -0.2) is 0 Å². The fourth-order valence-corrected chi connectivity index (χ4v) is 5.29. The van der Waals surface area contributed by atoms with Crippen molar-refractivity contribution in [3.05, 3.63) is 29.8 Å². The number of hydrogen-bond acceptors (Lipinski definition) is 4. The summed E-state index contributed by atoms with van der Waals surface area (Å²) in [6, 6.07) is 9.03. The second-order valence-corrected chi connectivity index (χ2v) is 10.1. The van der Waals surface area contributed by atoms with E-state index in [4.69, 9.17) is 0 Å². The molecule has 1 saturated heterocycles. The van der Waals surface area contributed by atoms with Crippen LogP contribution in [0.25, 0.3) is 0 Å². The predicted octanol–water partition coefficient (Wildman–Crippen LogP) is 1.46. The van der Waals surface area contributed by atoms with Gasteiger partial charge in [0.25, 0.3) is 10.2 Å². The molecule has 8 heteroatoms. The van der Waals surface area contributed by atoms with E-state index >= 15 is 0 Å². The third kappa shape index (κ3) is 4.50. The van der Waals surface area contributed by atoms with Gasteiger partial charge in [0.05, 0.1) is 0 Å². The summed E-state index contributed by atoms with van der Waals surface area (Å²) in [7, 11) is -0.309. The van der Waals surface area contributed by atoms with Crippen LogP contribution in [-0.4, -0.2) is 69.3 Å². The third-order valence-corrected chi connectivity index (χ3v) is 7.78. The van der Waals surface area contributed by atoms with Crippen molar-refractivity contribution in [1.29, 1.82) is 0 Å². The zero-order chi connectivity index (χ0) is 20.3. The van der Waals surface area contributed by atoms with Crippen molar-refractivity contribution in [3.63, 3.8) is 0 Å². The maximum absolute atomic E-state index is 12.4. The molecule has 1 aromatic carbocycles. The lowest BCUT2D eigenvalue weighted by molar-refractivity contribution is -0.126. The van der Waals surface area contributed by atoms with Gasteiger partial charge >= 0.3 is 0 Å². The van der Waals surface area contributed by atoms with E-state index in [1.807, 2.05) is 0 Å². The Bertz CT molecular complexity index is 788. The van der Waals surface area contributed by atoms with E-state index in [0.29, 0.717) is 38.5 Å². The van der Waals surface area contributed by atoms with Crippen molar-refractivity contribution in [3.8, 4) is 0 Å². The summed E-state index contributed by atoms with van der Waals surface area (Å²) in [6.07, 6.45) is 3.14. The van der Waals surface area contributed by atoms with Gasteiger partial charge in [0.1, 0.15) is 0 Å². The number of nitrogens with zero attached hydrogens (tertiary/aromatic N) is 3. The number of rotatable bonds is 7. The molecule has 1 fully saturated rings. The standard InChI is InChI=1S/C20H32N4O3S/c1-16-15-18-7-4-5-8-19(18)24(16)12-6-11-21-20(25)17-9-13-23(14-10-17)28(26,27)22(2)3/h4-5,7-8,16-17H,6,9-15H2,1-3H3,(H,21,25). The second kappa shape index (κ2) is 8.80. The molecule has 7 nitrogen and oxygen atoms in total. The summed E-state index contributed by atoms with van der Waals surface area (Å²) in [5.41, 5.74) is 2.72. The molecule has 1 aromatic rings. The van der Waals surface area contributed by atoms with E-state index in [1.54, 1.807) is 0 Å². The van der Waals surface area contributed by atoms with Gasteiger partial charge in [-0.2, -0.15) is 17.0 Å². The molecule has 2 aliphatic heterocycles. The lowest BCUT2D eigenvalue weighted by Gasteiger charge is -2.32. The monoisotopic (exact) mass is 408 g/mol. The molecular weight excluding hydrogens is 376 g/mol. The zero-order valence-electron chi connectivity index (χ0n) is 17.1. The van der Waals surface area contributed by atoms with E-state index < -0.39 is 10.2 Å². The highest BCUT2D eigenvalue weighted by atomic mass is 32.2. The minimum Gasteiger partial charge on any atom is -0.368 e. The van der Waals surface area contributed by atoms with Crippen LogP contribution in [0.5, 0.6) is 0 Å². The summed E-state index contributed by atoms with van der Waals surface area (Å²) < 4.78 is 27.0. The van der Waals surface area contributed by atoms with Crippen LogP contribution in [0.3, 0.4) is 0 Å². The molecule has 156 valence electrons. The molecule has 28 heavy (non-hydrogen) atoms. The minimum atomic E-state index is -3.38. The Morgan fingerprint density at radius 3 is 2.57 bits per heavy atom. The van der Waals surface area contributed by atoms with Crippen LogP contribution < -0.4 is 10.2 Å². The van der Waals surface area contributed by atoms with Crippen molar-refractivity contribution in [2.45, 2.75) is 38.6 Å². The van der Waals surface area contributed by atoms with Gasteiger partial charge < -0.3 is 10.2 Å². The minimum absolute atomic E-state index is 0.0526. The van der Waals surface area contributed by atoms with E-state index in [-0.39, 0.29) is 11.8 Å². The quantitative estimate of drug-likeness (QED) is 0.694. The van der Waals surface area contributed by atoms with Crippen LogP contribution in [-0.2, 0) is 21.4 Å². The molecule has 0 aromatic heterocycles. The van der Waals surface area contributed by atoms with Crippen LogP contribution in [0.2, 0.25) is 0 Å². The van der Waals surface area contributed by atoms with E-state index in [2.05, 4.69) is 41.4 Å². The molecule has 0 spiro atoms. The van der Waals surface area contributed by atoms with Gasteiger partial charge in [-0.3, -0.25) is 4.79 Å². The van der Waals surface area contributed by atoms with Crippen molar-refractivity contribution in [1.82, 2.24) is 13.9 Å². The Balaban J connectivity index is 1.40. The first-order valence-corrected chi connectivity index (χ1v) is 11.5. The van der Waals surface area contributed by atoms with Gasteiger partial charge in [-0.15, -0.1) is 0 Å². The Hall–Kier alpha value is -1.64. The van der Waals surface area contributed by atoms with Crippen molar-refractivity contribution >= 4 is 21.8 Å². The van der Waals surface area contributed by atoms with Crippen LogP contribution in [0, 0.1) is 5.92 Å². The van der Waals surface area contributed by atoms with Crippen LogP contribution in [0.4, 0.5) is 5.69 Å². The fourth-order valence-electron chi connectivity index (χ4n) is 4.16. The molecule has 2 aliphatic rings. The molecular formula is C20H32N4O3S. The van der Waals surface area contributed by atoms with Crippen LogP contribution in [0.1, 0.15) is 31.7 Å². The Labute approximate surface area is 168 Å². The van der Waals surface area contributed by atoms with Gasteiger partial charge in [0, 0.05) is 57.9 Å². The summed E-state index contributed by atoms with van der Waals surface area (Å²) in [5, 5.41) is 3.05. The average molecular weight is 409 g/mol. The third-order valence-electron chi connectivity index (χ3n) is 5.84. The molecule has 3 rings (SSSR count).